The Morgan fingerprint density at radius 3 is 2.72 bits per heavy atom. The van der Waals surface area contributed by atoms with Crippen LogP contribution in [0.4, 0.5) is 0 Å². The summed E-state index contributed by atoms with van der Waals surface area (Å²) in [5, 5.41) is 9.16. The van der Waals surface area contributed by atoms with Gasteiger partial charge in [-0.05, 0) is 25.5 Å². The van der Waals surface area contributed by atoms with Gasteiger partial charge in [-0.2, -0.15) is 11.8 Å². The van der Waals surface area contributed by atoms with Crippen molar-refractivity contribution in [3.05, 3.63) is 21.4 Å². The number of thiophene rings is 1. The Kier molecular flexibility index (Phi) is 3.97. The zero-order valence-electron chi connectivity index (χ0n) is 10.3. The molecule has 2 heterocycles. The maximum atomic E-state index is 12.3. The van der Waals surface area contributed by atoms with E-state index >= 15 is 0 Å². The van der Waals surface area contributed by atoms with Crippen LogP contribution in [-0.2, 0) is 4.79 Å². The van der Waals surface area contributed by atoms with Crippen molar-refractivity contribution in [1.82, 2.24) is 4.90 Å². The van der Waals surface area contributed by atoms with Gasteiger partial charge in [0, 0.05) is 22.9 Å². The molecule has 0 spiro atoms. The van der Waals surface area contributed by atoms with Crippen molar-refractivity contribution in [2.45, 2.75) is 19.9 Å². The van der Waals surface area contributed by atoms with Crippen molar-refractivity contribution >= 4 is 35.0 Å². The van der Waals surface area contributed by atoms with Gasteiger partial charge in [-0.3, -0.25) is 4.79 Å². The third kappa shape index (κ3) is 2.54. The summed E-state index contributed by atoms with van der Waals surface area (Å²) in [4.78, 5) is 26.8. The molecule has 1 amide bonds. The minimum Gasteiger partial charge on any atom is -0.480 e. The van der Waals surface area contributed by atoms with Crippen LogP contribution >= 0.6 is 23.1 Å². The molecule has 1 unspecified atom stereocenters. The Morgan fingerprint density at radius 2 is 2.17 bits per heavy atom. The molecule has 2 rings (SSSR count). The SMILES string of the molecule is Cc1cc(C(=O)N2CCSCC2C(=O)O)sc1C. The summed E-state index contributed by atoms with van der Waals surface area (Å²) >= 11 is 3.02. The maximum absolute atomic E-state index is 12.3. The molecule has 6 heteroatoms. The van der Waals surface area contributed by atoms with E-state index in [1.807, 2.05) is 19.9 Å². The second-order valence-corrected chi connectivity index (χ2v) is 6.68. The van der Waals surface area contributed by atoms with Gasteiger partial charge in [0.05, 0.1) is 4.88 Å². The van der Waals surface area contributed by atoms with E-state index in [4.69, 9.17) is 5.11 Å². The van der Waals surface area contributed by atoms with Crippen LogP contribution in [0.25, 0.3) is 0 Å². The molecule has 0 radical (unpaired) electrons. The molecular formula is C12H15NO3S2. The fourth-order valence-electron chi connectivity index (χ4n) is 1.87. The highest BCUT2D eigenvalue weighted by atomic mass is 32.2. The van der Waals surface area contributed by atoms with Gasteiger partial charge in [-0.15, -0.1) is 11.3 Å². The first-order valence-corrected chi connectivity index (χ1v) is 7.66. The Bertz CT molecular complexity index is 464. The Balaban J connectivity index is 2.23. The molecule has 0 bridgehead atoms. The smallest absolute Gasteiger partial charge is 0.327 e. The highest BCUT2D eigenvalue weighted by molar-refractivity contribution is 7.99. The van der Waals surface area contributed by atoms with E-state index < -0.39 is 12.0 Å². The van der Waals surface area contributed by atoms with E-state index in [2.05, 4.69) is 0 Å². The van der Waals surface area contributed by atoms with Gasteiger partial charge in [0.1, 0.15) is 6.04 Å². The van der Waals surface area contributed by atoms with Gasteiger partial charge in [-0.25, -0.2) is 4.79 Å². The molecule has 1 saturated heterocycles. The minimum absolute atomic E-state index is 0.149. The van der Waals surface area contributed by atoms with Gasteiger partial charge in [0.25, 0.3) is 5.91 Å². The summed E-state index contributed by atoms with van der Waals surface area (Å²) in [6.45, 7) is 4.44. The summed E-state index contributed by atoms with van der Waals surface area (Å²) in [6, 6.07) is 1.15. The first-order valence-electron chi connectivity index (χ1n) is 5.69. The second kappa shape index (κ2) is 5.32. The number of carbonyl (C=O) groups excluding carboxylic acids is 1. The normalized spacial score (nSPS) is 19.9. The number of aryl methyl sites for hydroxylation is 2. The molecule has 1 fully saturated rings. The Hall–Kier alpha value is -1.01. The number of aliphatic carboxylic acids is 1. The maximum Gasteiger partial charge on any atom is 0.327 e. The van der Waals surface area contributed by atoms with E-state index in [0.29, 0.717) is 17.2 Å². The van der Waals surface area contributed by atoms with Crippen molar-refractivity contribution < 1.29 is 14.7 Å². The highest BCUT2D eigenvalue weighted by Crippen LogP contribution is 2.25. The van der Waals surface area contributed by atoms with Crippen molar-refractivity contribution in [3.63, 3.8) is 0 Å². The van der Waals surface area contributed by atoms with Gasteiger partial charge in [0.2, 0.25) is 0 Å². The largest absolute Gasteiger partial charge is 0.480 e. The number of hydrogen-bond donors (Lipinski definition) is 1. The summed E-state index contributed by atoms with van der Waals surface area (Å²) < 4.78 is 0. The predicted molar refractivity (Wildman–Crippen MR) is 73.6 cm³/mol. The average molecular weight is 285 g/mol. The third-order valence-electron chi connectivity index (χ3n) is 3.05. The molecule has 1 aromatic rings. The van der Waals surface area contributed by atoms with E-state index in [0.717, 1.165) is 16.2 Å². The molecule has 1 aliphatic heterocycles. The third-order valence-corrected chi connectivity index (χ3v) is 5.21. The topological polar surface area (TPSA) is 57.6 Å². The van der Waals surface area contributed by atoms with Crippen molar-refractivity contribution in [2.75, 3.05) is 18.1 Å². The Morgan fingerprint density at radius 1 is 1.44 bits per heavy atom. The van der Waals surface area contributed by atoms with Crippen LogP contribution in [0.3, 0.4) is 0 Å². The lowest BCUT2D eigenvalue weighted by atomic mass is 10.2. The average Bonchev–Trinajstić information content (AvgIpc) is 2.68. The number of thioether (sulfide) groups is 1. The van der Waals surface area contributed by atoms with E-state index in [-0.39, 0.29) is 5.91 Å². The van der Waals surface area contributed by atoms with E-state index in [1.54, 1.807) is 11.8 Å². The number of carboxylic acids is 1. The van der Waals surface area contributed by atoms with Crippen molar-refractivity contribution in [1.29, 1.82) is 0 Å². The summed E-state index contributed by atoms with van der Waals surface area (Å²) in [5.41, 5.74) is 1.08. The fraction of sp³-hybridized carbons (Fsp3) is 0.500. The summed E-state index contributed by atoms with van der Waals surface area (Å²) in [7, 11) is 0. The lowest BCUT2D eigenvalue weighted by Gasteiger charge is -2.32. The molecule has 18 heavy (non-hydrogen) atoms. The van der Waals surface area contributed by atoms with Crippen molar-refractivity contribution in [3.8, 4) is 0 Å². The van der Waals surface area contributed by atoms with Gasteiger partial charge in [-0.1, -0.05) is 0 Å². The lowest BCUT2D eigenvalue weighted by Crippen LogP contribution is -2.50. The quantitative estimate of drug-likeness (QED) is 0.903. The molecule has 1 aliphatic rings. The molecule has 0 aliphatic carbocycles. The number of carboxylic acid groups (broad SMARTS) is 1. The van der Waals surface area contributed by atoms with Crippen LogP contribution < -0.4 is 0 Å². The molecule has 0 aromatic carbocycles. The second-order valence-electron chi connectivity index (χ2n) is 4.28. The summed E-state index contributed by atoms with van der Waals surface area (Å²) in [6.07, 6.45) is 0. The lowest BCUT2D eigenvalue weighted by molar-refractivity contribution is -0.141. The van der Waals surface area contributed by atoms with E-state index in [9.17, 15) is 9.59 Å². The number of amides is 1. The zero-order valence-corrected chi connectivity index (χ0v) is 11.9. The first-order chi connectivity index (χ1) is 8.50. The molecule has 1 atom stereocenters. The molecule has 1 N–H and O–H groups in total. The van der Waals surface area contributed by atoms with Crippen LogP contribution in [0, 0.1) is 13.8 Å². The van der Waals surface area contributed by atoms with Crippen LogP contribution in [0.2, 0.25) is 0 Å². The Labute approximate surface area is 114 Å². The predicted octanol–water partition coefficient (Wildman–Crippen LogP) is 2.01. The standard InChI is InChI=1S/C12H15NO3S2/c1-7-5-10(18-8(7)2)11(14)13-3-4-17-6-9(13)12(15)16/h5,9H,3-4,6H2,1-2H3,(H,15,16). The van der Waals surface area contributed by atoms with E-state index in [1.165, 1.54) is 16.2 Å². The molecule has 4 nitrogen and oxygen atoms in total. The highest BCUT2D eigenvalue weighted by Gasteiger charge is 2.33. The summed E-state index contributed by atoms with van der Waals surface area (Å²) in [5.74, 6) is 0.216. The van der Waals surface area contributed by atoms with Crippen molar-refractivity contribution in [2.24, 2.45) is 0 Å². The monoisotopic (exact) mass is 285 g/mol. The van der Waals surface area contributed by atoms with Gasteiger partial charge < -0.3 is 10.0 Å². The number of rotatable bonds is 2. The van der Waals surface area contributed by atoms with Crippen LogP contribution in [0.15, 0.2) is 6.07 Å². The molecule has 98 valence electrons. The molecule has 1 aromatic heterocycles. The van der Waals surface area contributed by atoms with Crippen LogP contribution in [0.5, 0.6) is 0 Å². The number of carbonyl (C=O) groups is 2. The first kappa shape index (κ1) is 13.4. The van der Waals surface area contributed by atoms with Crippen LogP contribution in [-0.4, -0.2) is 46.0 Å². The molecule has 0 saturated carbocycles. The number of nitrogens with zero attached hydrogens (tertiary/aromatic N) is 1. The fourth-order valence-corrected chi connectivity index (χ4v) is 3.90. The number of hydrogen-bond acceptors (Lipinski definition) is 4. The minimum atomic E-state index is -0.916. The molecular weight excluding hydrogens is 270 g/mol. The van der Waals surface area contributed by atoms with Gasteiger partial charge in [0.15, 0.2) is 0 Å². The zero-order chi connectivity index (χ0) is 13.3. The van der Waals surface area contributed by atoms with Crippen LogP contribution in [0.1, 0.15) is 20.1 Å². The van der Waals surface area contributed by atoms with Gasteiger partial charge >= 0.3 is 5.97 Å².